The second-order valence-corrected chi connectivity index (χ2v) is 5.45. The lowest BCUT2D eigenvalue weighted by Crippen LogP contribution is -2.35. The number of halogens is 2. The summed E-state index contributed by atoms with van der Waals surface area (Å²) in [7, 11) is 0. The van der Waals surface area contributed by atoms with Gasteiger partial charge < -0.3 is 15.7 Å². The summed E-state index contributed by atoms with van der Waals surface area (Å²) in [5, 5.41) is 17.5. The predicted molar refractivity (Wildman–Crippen MR) is 90.9 cm³/mol. The van der Waals surface area contributed by atoms with Gasteiger partial charge in [-0.25, -0.2) is 4.98 Å². The van der Waals surface area contributed by atoms with Crippen LogP contribution >= 0.6 is 36.2 Å². The Labute approximate surface area is 144 Å². The van der Waals surface area contributed by atoms with Crippen LogP contribution < -0.4 is 10.6 Å². The van der Waals surface area contributed by atoms with Crippen LogP contribution in [-0.2, 0) is 4.79 Å². The minimum Gasteiger partial charge on any atom is -0.392 e. The lowest BCUT2D eigenvalue weighted by Gasteiger charge is -2.08. The van der Waals surface area contributed by atoms with Crippen molar-refractivity contribution >= 4 is 47.2 Å². The molecule has 3 N–H and O–H groups in total. The number of aromatic nitrogens is 2. The average molecular weight is 363 g/mol. The Kier molecular flexibility index (Phi) is 7.18. The summed E-state index contributed by atoms with van der Waals surface area (Å²) >= 11 is 1.36. The lowest BCUT2D eigenvalue weighted by molar-refractivity contribution is -0.117. The molecule has 1 fully saturated rings. The van der Waals surface area contributed by atoms with Gasteiger partial charge in [0.15, 0.2) is 5.13 Å². The second-order valence-electron chi connectivity index (χ2n) is 4.59. The van der Waals surface area contributed by atoms with Gasteiger partial charge in [0.05, 0.1) is 17.8 Å². The first kappa shape index (κ1) is 18.8. The number of β-amino-alcohol motifs (C(OH)–C–C–N with tert-alkyl or cyclic N) is 1. The molecule has 1 aliphatic heterocycles. The summed E-state index contributed by atoms with van der Waals surface area (Å²) in [4.78, 5) is 20.5. The average Bonchev–Trinajstić information content (AvgIpc) is 3.09. The van der Waals surface area contributed by atoms with Crippen LogP contribution in [0, 0.1) is 0 Å². The van der Waals surface area contributed by atoms with Crippen LogP contribution in [0.25, 0.3) is 11.4 Å². The molecule has 0 aliphatic carbocycles. The monoisotopic (exact) mass is 362 g/mol. The van der Waals surface area contributed by atoms with Gasteiger partial charge in [-0.15, -0.1) is 36.2 Å². The van der Waals surface area contributed by atoms with Gasteiger partial charge in [0.1, 0.15) is 5.69 Å². The highest BCUT2D eigenvalue weighted by Crippen LogP contribution is 2.23. The van der Waals surface area contributed by atoms with Crippen molar-refractivity contribution in [3.8, 4) is 11.4 Å². The van der Waals surface area contributed by atoms with Gasteiger partial charge >= 0.3 is 0 Å². The Hall–Kier alpha value is -1.25. The normalized spacial score (nSPS) is 19.9. The quantitative estimate of drug-likeness (QED) is 0.773. The number of aliphatic hydroxyl groups excluding tert-OH is 1. The van der Waals surface area contributed by atoms with Crippen LogP contribution in [0.15, 0.2) is 29.8 Å². The van der Waals surface area contributed by atoms with Crippen molar-refractivity contribution in [2.45, 2.75) is 18.6 Å². The van der Waals surface area contributed by atoms with E-state index in [1.54, 1.807) is 6.20 Å². The molecule has 2 atom stereocenters. The van der Waals surface area contributed by atoms with E-state index < -0.39 is 6.10 Å². The molecule has 0 bridgehead atoms. The molecule has 9 heteroatoms. The number of pyridine rings is 1. The Morgan fingerprint density at radius 3 is 2.82 bits per heavy atom. The maximum Gasteiger partial charge on any atom is 0.243 e. The number of hydrogen-bond acceptors (Lipinski definition) is 6. The van der Waals surface area contributed by atoms with Crippen molar-refractivity contribution in [1.82, 2.24) is 15.3 Å². The lowest BCUT2D eigenvalue weighted by atomic mass is 10.2. The molecule has 120 valence electrons. The van der Waals surface area contributed by atoms with Crippen molar-refractivity contribution < 1.29 is 9.90 Å². The number of thiazole rings is 1. The molecule has 1 amide bonds. The fourth-order valence-electron chi connectivity index (χ4n) is 2.07. The van der Waals surface area contributed by atoms with Crippen LogP contribution in [0.5, 0.6) is 0 Å². The maximum absolute atomic E-state index is 12.0. The zero-order valence-electron chi connectivity index (χ0n) is 11.4. The number of hydrogen-bond donors (Lipinski definition) is 3. The molecule has 0 aromatic carbocycles. The van der Waals surface area contributed by atoms with Crippen molar-refractivity contribution in [3.63, 3.8) is 0 Å². The zero-order chi connectivity index (χ0) is 13.9. The molecule has 0 saturated carbocycles. The largest absolute Gasteiger partial charge is 0.392 e. The van der Waals surface area contributed by atoms with E-state index in [0.29, 0.717) is 18.1 Å². The summed E-state index contributed by atoms with van der Waals surface area (Å²) in [6, 6.07) is 5.25. The molecule has 0 spiro atoms. The van der Waals surface area contributed by atoms with E-state index in [2.05, 4.69) is 20.6 Å². The molecule has 2 unspecified atom stereocenters. The zero-order valence-corrected chi connectivity index (χ0v) is 13.9. The van der Waals surface area contributed by atoms with Crippen LogP contribution in [0.3, 0.4) is 0 Å². The number of nitrogens with zero attached hydrogens (tertiary/aromatic N) is 2. The first-order valence-electron chi connectivity index (χ1n) is 6.31. The third-order valence-electron chi connectivity index (χ3n) is 3.09. The highest BCUT2D eigenvalue weighted by Gasteiger charge is 2.28. The Balaban J connectivity index is 0.00000121. The molecule has 3 heterocycles. The predicted octanol–water partition coefficient (Wildman–Crippen LogP) is 1.71. The van der Waals surface area contributed by atoms with Gasteiger partial charge in [-0.3, -0.25) is 9.78 Å². The smallest absolute Gasteiger partial charge is 0.243 e. The van der Waals surface area contributed by atoms with Gasteiger partial charge in [0.2, 0.25) is 5.91 Å². The van der Waals surface area contributed by atoms with Crippen LogP contribution in [0.4, 0.5) is 5.13 Å². The SMILES string of the molecule is Cl.Cl.O=C(Nc1nc(-c2ccccn2)cs1)C1CC(O)CN1. The number of anilines is 1. The number of nitrogens with one attached hydrogen (secondary N) is 2. The van der Waals surface area contributed by atoms with E-state index >= 15 is 0 Å². The number of rotatable bonds is 3. The van der Waals surface area contributed by atoms with Crippen molar-refractivity contribution in [3.05, 3.63) is 29.8 Å². The van der Waals surface area contributed by atoms with E-state index in [4.69, 9.17) is 0 Å². The first-order chi connectivity index (χ1) is 9.72. The molecule has 2 aromatic heterocycles. The molecule has 0 radical (unpaired) electrons. The highest BCUT2D eigenvalue weighted by molar-refractivity contribution is 7.14. The van der Waals surface area contributed by atoms with Gasteiger partial charge in [-0.2, -0.15) is 0 Å². The van der Waals surface area contributed by atoms with Crippen molar-refractivity contribution in [2.75, 3.05) is 11.9 Å². The molecule has 6 nitrogen and oxygen atoms in total. The molecular formula is C13H16Cl2N4O2S. The third-order valence-corrected chi connectivity index (χ3v) is 3.84. The topological polar surface area (TPSA) is 87.1 Å². The molecule has 2 aromatic rings. The fraction of sp³-hybridized carbons (Fsp3) is 0.308. The van der Waals surface area contributed by atoms with Crippen molar-refractivity contribution in [2.24, 2.45) is 0 Å². The van der Waals surface area contributed by atoms with Crippen LogP contribution in [0.2, 0.25) is 0 Å². The molecular weight excluding hydrogens is 347 g/mol. The van der Waals surface area contributed by atoms with Gasteiger partial charge in [-0.1, -0.05) is 6.07 Å². The summed E-state index contributed by atoms with van der Waals surface area (Å²) in [6.45, 7) is 0.454. The van der Waals surface area contributed by atoms with E-state index in [-0.39, 0.29) is 36.8 Å². The second kappa shape index (κ2) is 8.40. The molecule has 1 saturated heterocycles. The summed E-state index contributed by atoms with van der Waals surface area (Å²) in [5.74, 6) is -0.163. The molecule has 22 heavy (non-hydrogen) atoms. The van der Waals surface area contributed by atoms with E-state index in [0.717, 1.165) is 11.4 Å². The highest BCUT2D eigenvalue weighted by atomic mass is 35.5. The molecule has 1 aliphatic rings. The Bertz CT molecular complexity index is 611. The summed E-state index contributed by atoms with van der Waals surface area (Å²) in [6.07, 6.45) is 1.69. The van der Waals surface area contributed by atoms with E-state index in [9.17, 15) is 9.90 Å². The number of amides is 1. The fourth-order valence-corrected chi connectivity index (χ4v) is 2.78. The number of carbonyl (C=O) groups is 1. The minimum absolute atomic E-state index is 0. The maximum atomic E-state index is 12.0. The standard InChI is InChI=1S/C13H14N4O2S.2ClH/c18-8-5-10(15-6-8)12(19)17-13-16-11(7-20-13)9-3-1-2-4-14-9;;/h1-4,7-8,10,15,18H,5-6H2,(H,16,17,19);2*1H. The first-order valence-corrected chi connectivity index (χ1v) is 7.19. The third kappa shape index (κ3) is 4.37. The van der Waals surface area contributed by atoms with Crippen molar-refractivity contribution in [1.29, 1.82) is 0 Å². The summed E-state index contributed by atoms with van der Waals surface area (Å²) in [5.41, 5.74) is 1.52. The van der Waals surface area contributed by atoms with Gasteiger partial charge in [-0.05, 0) is 18.6 Å². The number of carbonyl (C=O) groups excluding carboxylic acids is 1. The van der Waals surface area contributed by atoms with Gasteiger partial charge in [0.25, 0.3) is 0 Å². The van der Waals surface area contributed by atoms with Crippen LogP contribution in [-0.4, -0.2) is 39.7 Å². The number of aliphatic hydroxyl groups is 1. The summed E-state index contributed by atoms with van der Waals surface area (Å²) < 4.78 is 0. The van der Waals surface area contributed by atoms with E-state index in [1.165, 1.54) is 11.3 Å². The Morgan fingerprint density at radius 1 is 1.36 bits per heavy atom. The van der Waals surface area contributed by atoms with Gasteiger partial charge in [0, 0.05) is 18.1 Å². The minimum atomic E-state index is -0.453. The molecule has 3 rings (SSSR count). The Morgan fingerprint density at radius 2 is 2.18 bits per heavy atom. The van der Waals surface area contributed by atoms with E-state index in [1.807, 2.05) is 23.6 Å². The van der Waals surface area contributed by atoms with Crippen LogP contribution in [0.1, 0.15) is 6.42 Å².